The molecule has 1 amide bonds. The molecule has 0 saturated carbocycles. The standard InChI is InChI=1S/C26H25F3N6O2/c1-33-15-30-12-18(33)8-16-9-21(23-14-34(2)32-24(23)26(27,28)29)20-5-7-35(25(36)22(20)10-16)13-17-11-19(37-3)4-6-31-17/h4,6,9-12,14-15H,5,7-8,13H2,1-3H3. The van der Waals surface area contributed by atoms with Crippen LogP contribution in [0, 0.1) is 0 Å². The molecule has 0 atom stereocenters. The Kier molecular flexibility index (Phi) is 6.22. The van der Waals surface area contributed by atoms with Gasteiger partial charge in [0.1, 0.15) is 5.75 Å². The zero-order valence-corrected chi connectivity index (χ0v) is 20.6. The zero-order chi connectivity index (χ0) is 26.3. The van der Waals surface area contributed by atoms with Crippen LogP contribution in [0.1, 0.15) is 38.6 Å². The number of nitrogens with zero attached hydrogens (tertiary/aromatic N) is 6. The number of hydrogen-bond donors (Lipinski definition) is 0. The van der Waals surface area contributed by atoms with E-state index in [-0.39, 0.29) is 18.0 Å². The Morgan fingerprint density at radius 3 is 2.59 bits per heavy atom. The van der Waals surface area contributed by atoms with Crippen LogP contribution in [0.2, 0.25) is 0 Å². The SMILES string of the molecule is COc1ccnc(CN2CCc3c(cc(Cc4cncn4C)cc3-c3cn(C)nc3C(F)(F)F)C2=O)c1. The molecule has 37 heavy (non-hydrogen) atoms. The fraction of sp³-hybridized carbons (Fsp3) is 0.308. The number of methoxy groups -OCH3 is 1. The molecule has 192 valence electrons. The largest absolute Gasteiger partial charge is 0.497 e. The van der Waals surface area contributed by atoms with Crippen LogP contribution < -0.4 is 4.74 Å². The van der Waals surface area contributed by atoms with Gasteiger partial charge in [0, 0.05) is 68.5 Å². The third-order valence-electron chi connectivity index (χ3n) is 6.52. The van der Waals surface area contributed by atoms with Gasteiger partial charge in [0.25, 0.3) is 5.91 Å². The van der Waals surface area contributed by atoms with E-state index in [0.717, 1.165) is 10.4 Å². The van der Waals surface area contributed by atoms with Crippen LogP contribution in [-0.4, -0.2) is 48.8 Å². The second kappa shape index (κ2) is 9.38. The molecule has 0 spiro atoms. The fourth-order valence-corrected chi connectivity index (χ4v) is 4.73. The average Bonchev–Trinajstić information content (AvgIpc) is 3.46. The second-order valence-corrected chi connectivity index (χ2v) is 9.07. The van der Waals surface area contributed by atoms with Crippen LogP contribution in [0.15, 0.2) is 49.2 Å². The van der Waals surface area contributed by atoms with Gasteiger partial charge in [0.15, 0.2) is 5.69 Å². The van der Waals surface area contributed by atoms with Crippen LogP contribution in [0.4, 0.5) is 13.2 Å². The highest BCUT2D eigenvalue weighted by Crippen LogP contribution is 2.40. The number of benzene rings is 1. The lowest BCUT2D eigenvalue weighted by Gasteiger charge is -2.30. The van der Waals surface area contributed by atoms with Crippen molar-refractivity contribution in [2.75, 3.05) is 13.7 Å². The summed E-state index contributed by atoms with van der Waals surface area (Å²) in [7, 11) is 4.86. The van der Waals surface area contributed by atoms with Gasteiger partial charge >= 0.3 is 6.18 Å². The maximum atomic E-state index is 13.9. The maximum absolute atomic E-state index is 13.9. The number of fused-ring (bicyclic) bond motifs is 1. The van der Waals surface area contributed by atoms with Gasteiger partial charge in [-0.05, 0) is 35.2 Å². The summed E-state index contributed by atoms with van der Waals surface area (Å²) < 4.78 is 50.0. The van der Waals surface area contributed by atoms with Crippen molar-refractivity contribution in [3.05, 3.63) is 83.0 Å². The first kappa shape index (κ1) is 24.5. The summed E-state index contributed by atoms with van der Waals surface area (Å²) in [5.41, 5.74) is 2.60. The molecule has 5 rings (SSSR count). The Balaban J connectivity index is 1.60. The lowest BCUT2D eigenvalue weighted by atomic mass is 9.87. The molecule has 1 aliphatic rings. The van der Waals surface area contributed by atoms with E-state index in [9.17, 15) is 18.0 Å². The molecular formula is C26H25F3N6O2. The van der Waals surface area contributed by atoms with E-state index in [0.29, 0.717) is 53.1 Å². The molecular weight excluding hydrogens is 485 g/mol. The number of aryl methyl sites for hydroxylation is 2. The van der Waals surface area contributed by atoms with Crippen LogP contribution in [0.3, 0.4) is 0 Å². The summed E-state index contributed by atoms with van der Waals surface area (Å²) >= 11 is 0. The molecule has 4 heterocycles. The van der Waals surface area contributed by atoms with Gasteiger partial charge < -0.3 is 14.2 Å². The second-order valence-electron chi connectivity index (χ2n) is 9.07. The van der Waals surface area contributed by atoms with E-state index >= 15 is 0 Å². The average molecular weight is 511 g/mol. The number of imidazole rings is 1. The Labute approximate surface area is 211 Å². The number of ether oxygens (including phenoxy) is 1. The van der Waals surface area contributed by atoms with E-state index in [2.05, 4.69) is 15.1 Å². The van der Waals surface area contributed by atoms with Crippen molar-refractivity contribution in [3.63, 3.8) is 0 Å². The molecule has 0 fully saturated rings. The molecule has 0 saturated heterocycles. The summed E-state index contributed by atoms with van der Waals surface area (Å²) in [4.78, 5) is 23.8. The molecule has 1 aliphatic heterocycles. The summed E-state index contributed by atoms with van der Waals surface area (Å²) in [5.74, 6) is 0.378. The quantitative estimate of drug-likeness (QED) is 0.392. The fourth-order valence-electron chi connectivity index (χ4n) is 4.73. The van der Waals surface area contributed by atoms with Crippen LogP contribution in [0.25, 0.3) is 11.1 Å². The van der Waals surface area contributed by atoms with Gasteiger partial charge in [-0.3, -0.25) is 14.5 Å². The highest BCUT2D eigenvalue weighted by atomic mass is 19.4. The van der Waals surface area contributed by atoms with Gasteiger partial charge in [-0.15, -0.1) is 0 Å². The number of carbonyl (C=O) groups is 1. The van der Waals surface area contributed by atoms with Crippen molar-refractivity contribution in [1.82, 2.24) is 29.2 Å². The minimum atomic E-state index is -4.63. The molecule has 0 aliphatic carbocycles. The van der Waals surface area contributed by atoms with Crippen molar-refractivity contribution >= 4 is 5.91 Å². The molecule has 4 aromatic rings. The predicted molar refractivity (Wildman–Crippen MR) is 129 cm³/mol. The van der Waals surface area contributed by atoms with Crippen molar-refractivity contribution in [1.29, 1.82) is 0 Å². The monoisotopic (exact) mass is 510 g/mol. The molecule has 3 aromatic heterocycles. The van der Waals surface area contributed by atoms with Gasteiger partial charge in [-0.25, -0.2) is 4.98 Å². The minimum absolute atomic E-state index is 0.0335. The van der Waals surface area contributed by atoms with Crippen molar-refractivity contribution < 1.29 is 22.7 Å². The van der Waals surface area contributed by atoms with E-state index in [1.807, 2.05) is 11.6 Å². The summed E-state index contributed by atoms with van der Waals surface area (Å²) in [6.45, 7) is 0.609. The normalized spacial score (nSPS) is 13.7. The molecule has 11 heteroatoms. The number of alkyl halides is 3. The first-order chi connectivity index (χ1) is 17.6. The first-order valence-electron chi connectivity index (χ1n) is 11.6. The first-order valence-corrected chi connectivity index (χ1v) is 11.6. The predicted octanol–water partition coefficient (Wildman–Crippen LogP) is 4.03. The molecule has 0 bridgehead atoms. The van der Waals surface area contributed by atoms with Crippen LogP contribution >= 0.6 is 0 Å². The smallest absolute Gasteiger partial charge is 0.435 e. The Morgan fingerprint density at radius 2 is 1.89 bits per heavy atom. The molecule has 0 radical (unpaired) electrons. The number of rotatable bonds is 6. The Hall–Kier alpha value is -4.15. The lowest BCUT2D eigenvalue weighted by Crippen LogP contribution is -2.37. The zero-order valence-electron chi connectivity index (χ0n) is 20.6. The van der Waals surface area contributed by atoms with Crippen molar-refractivity contribution in [3.8, 4) is 16.9 Å². The van der Waals surface area contributed by atoms with E-state index < -0.39 is 11.9 Å². The highest BCUT2D eigenvalue weighted by molar-refractivity contribution is 5.99. The number of halogens is 3. The summed E-state index contributed by atoms with van der Waals surface area (Å²) in [5, 5.41) is 3.69. The highest BCUT2D eigenvalue weighted by Gasteiger charge is 2.39. The summed E-state index contributed by atoms with van der Waals surface area (Å²) in [6.07, 6.45) is 2.51. The third-order valence-corrected chi connectivity index (χ3v) is 6.52. The number of hydrogen-bond acceptors (Lipinski definition) is 5. The van der Waals surface area contributed by atoms with Gasteiger partial charge in [0.05, 0.1) is 25.7 Å². The number of amides is 1. The lowest BCUT2D eigenvalue weighted by molar-refractivity contribution is -0.140. The molecule has 0 N–H and O–H groups in total. The Morgan fingerprint density at radius 1 is 1.11 bits per heavy atom. The number of pyridine rings is 1. The number of carbonyl (C=O) groups excluding carboxylic acids is 1. The van der Waals surface area contributed by atoms with Crippen molar-refractivity contribution in [2.45, 2.75) is 25.6 Å². The van der Waals surface area contributed by atoms with Crippen LogP contribution in [0.5, 0.6) is 5.75 Å². The molecule has 0 unspecified atom stereocenters. The van der Waals surface area contributed by atoms with Crippen LogP contribution in [-0.2, 0) is 39.7 Å². The topological polar surface area (TPSA) is 78.1 Å². The molecule has 1 aromatic carbocycles. The van der Waals surface area contributed by atoms with E-state index in [1.54, 1.807) is 55.0 Å². The summed E-state index contributed by atoms with van der Waals surface area (Å²) in [6, 6.07) is 7.01. The van der Waals surface area contributed by atoms with Gasteiger partial charge in [-0.2, -0.15) is 18.3 Å². The maximum Gasteiger partial charge on any atom is 0.435 e. The van der Waals surface area contributed by atoms with Gasteiger partial charge in [-0.1, -0.05) is 6.07 Å². The third kappa shape index (κ3) is 4.81. The molecule has 8 nitrogen and oxygen atoms in total. The van der Waals surface area contributed by atoms with Gasteiger partial charge in [0.2, 0.25) is 0 Å². The van der Waals surface area contributed by atoms with E-state index in [1.165, 1.54) is 13.2 Å². The van der Waals surface area contributed by atoms with Crippen molar-refractivity contribution in [2.24, 2.45) is 14.1 Å². The van der Waals surface area contributed by atoms with E-state index in [4.69, 9.17) is 4.74 Å². The minimum Gasteiger partial charge on any atom is -0.497 e. The number of aromatic nitrogens is 5. The Bertz CT molecular complexity index is 1470.